The second kappa shape index (κ2) is 2.58. The summed E-state index contributed by atoms with van der Waals surface area (Å²) in [7, 11) is 0. The third-order valence-electron chi connectivity index (χ3n) is 5.38. The Balaban J connectivity index is 2.54. The first-order valence-corrected chi connectivity index (χ1v) is 5.64. The minimum atomic E-state index is -0.655. The summed E-state index contributed by atoms with van der Waals surface area (Å²) in [5.74, 6) is -0.999. The molecule has 2 aliphatic rings. The van der Waals surface area contributed by atoms with Crippen molar-refractivity contribution in [2.45, 2.75) is 60.0 Å². The van der Waals surface area contributed by atoms with Gasteiger partial charge in [0.05, 0.1) is 0 Å². The summed E-state index contributed by atoms with van der Waals surface area (Å²) >= 11 is 0. The third-order valence-corrected chi connectivity index (χ3v) is 5.38. The fraction of sp³-hybridized carbons (Fsp3) is 1.00. The fourth-order valence-electron chi connectivity index (χ4n) is 2.76. The second-order valence-corrected chi connectivity index (χ2v) is 6.30. The van der Waals surface area contributed by atoms with Crippen LogP contribution in [0.25, 0.3) is 0 Å². The molecule has 15 heavy (non-hydrogen) atoms. The van der Waals surface area contributed by atoms with Gasteiger partial charge in [-0.25, -0.2) is 0 Å². The molecule has 3 nitrogen and oxygen atoms in total. The van der Waals surface area contributed by atoms with Crippen molar-refractivity contribution in [1.82, 2.24) is 0 Å². The largest absolute Gasteiger partial charge is 0.312 e. The summed E-state index contributed by atoms with van der Waals surface area (Å²) in [5.41, 5.74) is -0.0132. The van der Waals surface area contributed by atoms with Crippen molar-refractivity contribution in [2.24, 2.45) is 16.7 Å². The molecular formula is C12H22O3. The standard InChI is InChI=1S/C12H22O3/c1-8-9(2,3)10(4,5)12(7)13-11(8,6)14-15-12/h8H,1-7H3/t8?,11-,12+/m1/s1. The molecule has 0 amide bonds. The quantitative estimate of drug-likeness (QED) is 0.580. The molecule has 0 aromatic carbocycles. The van der Waals surface area contributed by atoms with Gasteiger partial charge >= 0.3 is 0 Å². The van der Waals surface area contributed by atoms with Crippen molar-refractivity contribution in [1.29, 1.82) is 0 Å². The molecule has 0 radical (unpaired) electrons. The molecule has 3 heteroatoms. The molecule has 2 saturated heterocycles. The van der Waals surface area contributed by atoms with E-state index in [1.807, 2.05) is 13.8 Å². The predicted octanol–water partition coefficient (Wildman–Crippen LogP) is 3.10. The lowest BCUT2D eigenvalue weighted by molar-refractivity contribution is -0.355. The predicted molar refractivity (Wildman–Crippen MR) is 56.8 cm³/mol. The number of hydrogen-bond donors (Lipinski definition) is 0. The summed E-state index contributed by atoms with van der Waals surface area (Å²) in [6.45, 7) is 15.0. The van der Waals surface area contributed by atoms with Gasteiger partial charge in [0.25, 0.3) is 0 Å². The van der Waals surface area contributed by atoms with Gasteiger partial charge < -0.3 is 4.74 Å². The highest BCUT2D eigenvalue weighted by Crippen LogP contribution is 2.64. The summed E-state index contributed by atoms with van der Waals surface area (Å²) in [6.07, 6.45) is 0. The van der Waals surface area contributed by atoms with Gasteiger partial charge in [0.1, 0.15) is 0 Å². The topological polar surface area (TPSA) is 27.7 Å². The summed E-state index contributed by atoms with van der Waals surface area (Å²) < 4.78 is 5.99. The second-order valence-electron chi connectivity index (χ2n) is 6.30. The lowest BCUT2D eigenvalue weighted by Gasteiger charge is -2.57. The Hall–Kier alpha value is -0.120. The minimum Gasteiger partial charge on any atom is -0.312 e. The maximum absolute atomic E-state index is 5.99. The van der Waals surface area contributed by atoms with Crippen molar-refractivity contribution >= 4 is 0 Å². The van der Waals surface area contributed by atoms with E-state index in [2.05, 4.69) is 34.6 Å². The summed E-state index contributed by atoms with van der Waals surface area (Å²) in [6, 6.07) is 0. The van der Waals surface area contributed by atoms with Gasteiger partial charge in [-0.05, 0) is 19.3 Å². The maximum atomic E-state index is 5.99. The van der Waals surface area contributed by atoms with E-state index in [1.165, 1.54) is 0 Å². The average molecular weight is 214 g/mol. The van der Waals surface area contributed by atoms with Crippen LogP contribution in [0.2, 0.25) is 0 Å². The van der Waals surface area contributed by atoms with Crippen molar-refractivity contribution in [2.75, 3.05) is 0 Å². The molecule has 0 aromatic heterocycles. The molecule has 2 bridgehead atoms. The maximum Gasteiger partial charge on any atom is 0.207 e. The Morgan fingerprint density at radius 1 is 0.867 bits per heavy atom. The smallest absolute Gasteiger partial charge is 0.207 e. The molecule has 0 aromatic rings. The van der Waals surface area contributed by atoms with Crippen LogP contribution in [0.5, 0.6) is 0 Å². The Bertz CT molecular complexity index is 297. The van der Waals surface area contributed by atoms with E-state index in [-0.39, 0.29) is 16.7 Å². The van der Waals surface area contributed by atoms with Crippen molar-refractivity contribution in [3.63, 3.8) is 0 Å². The first kappa shape index (κ1) is 11.4. The van der Waals surface area contributed by atoms with Crippen LogP contribution in [0.4, 0.5) is 0 Å². The highest BCUT2D eigenvalue weighted by atomic mass is 17.3. The Morgan fingerprint density at radius 2 is 1.40 bits per heavy atom. The van der Waals surface area contributed by atoms with Crippen LogP contribution in [0.1, 0.15) is 48.5 Å². The molecule has 0 spiro atoms. The van der Waals surface area contributed by atoms with Gasteiger partial charge in [-0.2, -0.15) is 9.78 Å². The van der Waals surface area contributed by atoms with Crippen LogP contribution in [0.15, 0.2) is 0 Å². The Kier molecular flexibility index (Phi) is 1.95. The van der Waals surface area contributed by atoms with Gasteiger partial charge in [0.2, 0.25) is 11.6 Å². The van der Waals surface area contributed by atoms with Crippen LogP contribution >= 0.6 is 0 Å². The number of rotatable bonds is 0. The van der Waals surface area contributed by atoms with E-state index in [1.54, 1.807) is 0 Å². The van der Waals surface area contributed by atoms with Crippen LogP contribution in [-0.4, -0.2) is 11.6 Å². The fourth-order valence-corrected chi connectivity index (χ4v) is 2.76. The van der Waals surface area contributed by atoms with E-state index in [4.69, 9.17) is 14.5 Å². The van der Waals surface area contributed by atoms with E-state index in [0.717, 1.165) is 0 Å². The molecule has 0 N–H and O–H groups in total. The lowest BCUT2D eigenvalue weighted by atomic mass is 9.55. The van der Waals surface area contributed by atoms with Crippen molar-refractivity contribution in [3.05, 3.63) is 0 Å². The van der Waals surface area contributed by atoms with E-state index in [0.29, 0.717) is 0 Å². The van der Waals surface area contributed by atoms with Gasteiger partial charge in [-0.15, -0.1) is 0 Å². The minimum absolute atomic E-state index is 0.0885. The summed E-state index contributed by atoms with van der Waals surface area (Å²) in [5, 5.41) is 0. The number of hydrogen-bond acceptors (Lipinski definition) is 3. The SMILES string of the molecule is CC1C(C)(C)C(C)(C)[C@]2(C)OO[C@@]1(C)O2. The van der Waals surface area contributed by atoms with E-state index >= 15 is 0 Å². The molecule has 0 saturated carbocycles. The van der Waals surface area contributed by atoms with Crippen LogP contribution in [0, 0.1) is 16.7 Å². The highest BCUT2D eigenvalue weighted by molar-refractivity contribution is 5.06. The first-order chi connectivity index (χ1) is 6.57. The third kappa shape index (κ3) is 1.07. The molecular weight excluding hydrogens is 192 g/mol. The van der Waals surface area contributed by atoms with Crippen LogP contribution < -0.4 is 0 Å². The average Bonchev–Trinajstić information content (AvgIpc) is 2.41. The molecule has 88 valence electrons. The van der Waals surface area contributed by atoms with Gasteiger partial charge in [0, 0.05) is 11.3 Å². The first-order valence-electron chi connectivity index (χ1n) is 5.64. The lowest BCUT2D eigenvalue weighted by Crippen LogP contribution is -2.62. The van der Waals surface area contributed by atoms with Gasteiger partial charge in [-0.3, -0.25) is 0 Å². The molecule has 2 rings (SSSR count). The van der Waals surface area contributed by atoms with E-state index < -0.39 is 11.6 Å². The molecule has 2 heterocycles. The van der Waals surface area contributed by atoms with E-state index in [9.17, 15) is 0 Å². The van der Waals surface area contributed by atoms with Crippen molar-refractivity contribution < 1.29 is 14.5 Å². The zero-order chi connectivity index (χ0) is 11.7. The molecule has 1 unspecified atom stereocenters. The molecule has 2 aliphatic heterocycles. The van der Waals surface area contributed by atoms with Gasteiger partial charge in [-0.1, -0.05) is 34.6 Å². The number of fused-ring (bicyclic) bond motifs is 2. The van der Waals surface area contributed by atoms with Gasteiger partial charge in [0.15, 0.2) is 0 Å². The Labute approximate surface area is 92.0 Å². The highest BCUT2D eigenvalue weighted by Gasteiger charge is 2.70. The summed E-state index contributed by atoms with van der Waals surface area (Å²) in [4.78, 5) is 10.9. The zero-order valence-electron chi connectivity index (χ0n) is 10.8. The monoisotopic (exact) mass is 214 g/mol. The van der Waals surface area contributed by atoms with Crippen molar-refractivity contribution in [3.8, 4) is 0 Å². The number of ether oxygens (including phenoxy) is 1. The normalized spacial score (nSPS) is 51.8. The zero-order valence-corrected chi connectivity index (χ0v) is 10.8. The molecule has 2 fully saturated rings. The molecule has 0 aliphatic carbocycles. The van der Waals surface area contributed by atoms with Crippen LogP contribution in [0.3, 0.4) is 0 Å². The Morgan fingerprint density at radius 3 is 1.93 bits per heavy atom. The van der Waals surface area contributed by atoms with Crippen LogP contribution in [-0.2, 0) is 14.5 Å². The molecule has 3 atom stereocenters.